The number of carbonyl (C=O) groups is 3. The van der Waals surface area contributed by atoms with E-state index in [0.29, 0.717) is 11.3 Å². The van der Waals surface area contributed by atoms with Gasteiger partial charge < -0.3 is 20.6 Å². The molecule has 1 unspecified atom stereocenters. The van der Waals surface area contributed by atoms with Gasteiger partial charge >= 0.3 is 12.0 Å². The third-order valence-corrected chi connectivity index (χ3v) is 4.05. The van der Waals surface area contributed by atoms with Crippen LogP contribution in [0.25, 0.3) is 0 Å². The molecular formula is C18H27N3O4. The monoisotopic (exact) mass is 349 g/mol. The van der Waals surface area contributed by atoms with Crippen molar-refractivity contribution in [2.45, 2.75) is 39.7 Å². The summed E-state index contributed by atoms with van der Waals surface area (Å²) in [6.45, 7) is 7.55. The summed E-state index contributed by atoms with van der Waals surface area (Å²) in [6.07, 6.45) is 0.813. The molecule has 0 saturated heterocycles. The first kappa shape index (κ1) is 20.5. The summed E-state index contributed by atoms with van der Waals surface area (Å²) in [5.74, 6) is -1.77. The standard InChI is InChI=1S/C18H27N3O4/c1-6-18(3,4)20-15(22)13-7-9-14(10-8-13)19-17(25)21(5)11-12(2)16(23)24/h7-10,12H,6,11H2,1-5H3,(H,19,25)(H,20,22)(H,23,24). The second kappa shape index (κ2) is 8.50. The topological polar surface area (TPSA) is 98.7 Å². The van der Waals surface area contributed by atoms with E-state index in [-0.39, 0.29) is 18.0 Å². The van der Waals surface area contributed by atoms with E-state index < -0.39 is 17.9 Å². The molecule has 7 heteroatoms. The third-order valence-electron chi connectivity index (χ3n) is 4.05. The Morgan fingerprint density at radius 1 is 1.20 bits per heavy atom. The first-order valence-electron chi connectivity index (χ1n) is 8.23. The zero-order chi connectivity index (χ0) is 19.2. The largest absolute Gasteiger partial charge is 0.481 e. The van der Waals surface area contributed by atoms with Crippen LogP contribution in [0.2, 0.25) is 0 Å². The minimum absolute atomic E-state index is 0.105. The Labute approximate surface area is 148 Å². The fourth-order valence-corrected chi connectivity index (χ4v) is 1.96. The Balaban J connectivity index is 2.66. The lowest BCUT2D eigenvalue weighted by molar-refractivity contribution is -0.141. The Bertz CT molecular complexity index is 626. The normalized spacial score (nSPS) is 12.2. The number of aliphatic carboxylic acids is 1. The van der Waals surface area contributed by atoms with Crippen molar-refractivity contribution in [1.82, 2.24) is 10.2 Å². The van der Waals surface area contributed by atoms with Crippen LogP contribution in [0.15, 0.2) is 24.3 Å². The number of carboxylic acids is 1. The maximum atomic E-state index is 12.2. The second-order valence-corrected chi connectivity index (χ2v) is 6.82. The van der Waals surface area contributed by atoms with Crippen LogP contribution in [-0.2, 0) is 4.79 Å². The highest BCUT2D eigenvalue weighted by atomic mass is 16.4. The number of nitrogens with zero attached hydrogens (tertiary/aromatic N) is 1. The number of hydrogen-bond acceptors (Lipinski definition) is 3. The molecule has 0 heterocycles. The lowest BCUT2D eigenvalue weighted by Gasteiger charge is -2.24. The first-order chi connectivity index (χ1) is 11.6. The molecule has 0 bridgehead atoms. The first-order valence-corrected chi connectivity index (χ1v) is 8.23. The maximum absolute atomic E-state index is 12.2. The summed E-state index contributed by atoms with van der Waals surface area (Å²) < 4.78 is 0. The molecule has 0 aliphatic carbocycles. The number of rotatable bonds is 7. The van der Waals surface area contributed by atoms with Crippen molar-refractivity contribution in [1.29, 1.82) is 0 Å². The van der Waals surface area contributed by atoms with Crippen molar-refractivity contribution in [2.75, 3.05) is 18.9 Å². The molecule has 3 amide bonds. The molecule has 0 aromatic heterocycles. The van der Waals surface area contributed by atoms with Crippen molar-refractivity contribution >= 4 is 23.6 Å². The summed E-state index contributed by atoms with van der Waals surface area (Å²) in [7, 11) is 1.53. The van der Waals surface area contributed by atoms with Crippen molar-refractivity contribution in [2.24, 2.45) is 5.92 Å². The summed E-state index contributed by atoms with van der Waals surface area (Å²) in [5.41, 5.74) is 0.756. The smallest absolute Gasteiger partial charge is 0.321 e. The molecule has 0 fully saturated rings. The Kier molecular flexibility index (Phi) is 6.97. The molecule has 3 N–H and O–H groups in total. The zero-order valence-corrected chi connectivity index (χ0v) is 15.4. The predicted octanol–water partition coefficient (Wildman–Crippen LogP) is 2.79. The average Bonchev–Trinajstić information content (AvgIpc) is 2.54. The van der Waals surface area contributed by atoms with Crippen LogP contribution in [0.1, 0.15) is 44.5 Å². The second-order valence-electron chi connectivity index (χ2n) is 6.82. The van der Waals surface area contributed by atoms with E-state index in [1.807, 2.05) is 20.8 Å². The van der Waals surface area contributed by atoms with Crippen LogP contribution in [0.5, 0.6) is 0 Å². The van der Waals surface area contributed by atoms with E-state index in [1.54, 1.807) is 24.3 Å². The van der Waals surface area contributed by atoms with Crippen LogP contribution in [0.4, 0.5) is 10.5 Å². The minimum atomic E-state index is -0.954. The Hall–Kier alpha value is -2.57. The molecule has 1 atom stereocenters. The molecule has 1 aromatic rings. The summed E-state index contributed by atoms with van der Waals surface area (Å²) in [6, 6.07) is 6.14. The molecule has 138 valence electrons. The lowest BCUT2D eigenvalue weighted by atomic mass is 10.0. The van der Waals surface area contributed by atoms with Crippen molar-refractivity contribution in [3.63, 3.8) is 0 Å². The van der Waals surface area contributed by atoms with Gasteiger partial charge in [-0.2, -0.15) is 0 Å². The Morgan fingerprint density at radius 2 is 1.76 bits per heavy atom. The van der Waals surface area contributed by atoms with E-state index in [1.165, 1.54) is 18.9 Å². The van der Waals surface area contributed by atoms with Gasteiger partial charge in [-0.1, -0.05) is 13.8 Å². The number of urea groups is 1. The van der Waals surface area contributed by atoms with Gasteiger partial charge in [-0.3, -0.25) is 9.59 Å². The van der Waals surface area contributed by atoms with E-state index in [4.69, 9.17) is 5.11 Å². The molecule has 0 aliphatic rings. The highest BCUT2D eigenvalue weighted by Crippen LogP contribution is 2.13. The van der Waals surface area contributed by atoms with Gasteiger partial charge in [-0.25, -0.2) is 4.79 Å². The molecule has 7 nitrogen and oxygen atoms in total. The van der Waals surface area contributed by atoms with Gasteiger partial charge in [0.2, 0.25) is 0 Å². The molecule has 0 aliphatic heterocycles. The van der Waals surface area contributed by atoms with Gasteiger partial charge in [0, 0.05) is 30.4 Å². The zero-order valence-electron chi connectivity index (χ0n) is 15.4. The van der Waals surface area contributed by atoms with Crippen molar-refractivity contribution in [3.05, 3.63) is 29.8 Å². The highest BCUT2D eigenvalue weighted by Gasteiger charge is 2.19. The van der Waals surface area contributed by atoms with Crippen LogP contribution < -0.4 is 10.6 Å². The number of benzene rings is 1. The van der Waals surface area contributed by atoms with Crippen LogP contribution in [-0.4, -0.2) is 47.0 Å². The maximum Gasteiger partial charge on any atom is 0.321 e. The number of hydrogen-bond donors (Lipinski definition) is 3. The van der Waals surface area contributed by atoms with Gasteiger partial charge in [0.25, 0.3) is 5.91 Å². The molecule has 0 spiro atoms. The van der Waals surface area contributed by atoms with Gasteiger partial charge in [-0.15, -0.1) is 0 Å². The van der Waals surface area contributed by atoms with E-state index in [2.05, 4.69) is 10.6 Å². The van der Waals surface area contributed by atoms with Gasteiger partial charge in [0.15, 0.2) is 0 Å². The number of anilines is 1. The fourth-order valence-electron chi connectivity index (χ4n) is 1.96. The van der Waals surface area contributed by atoms with Gasteiger partial charge in [0.05, 0.1) is 5.92 Å². The van der Waals surface area contributed by atoms with Crippen LogP contribution in [0, 0.1) is 5.92 Å². The van der Waals surface area contributed by atoms with Crippen LogP contribution in [0.3, 0.4) is 0 Å². The number of nitrogens with one attached hydrogen (secondary N) is 2. The van der Waals surface area contributed by atoms with E-state index in [0.717, 1.165) is 6.42 Å². The predicted molar refractivity (Wildman–Crippen MR) is 96.7 cm³/mol. The van der Waals surface area contributed by atoms with Gasteiger partial charge in [-0.05, 0) is 44.5 Å². The van der Waals surface area contributed by atoms with E-state index in [9.17, 15) is 14.4 Å². The molecule has 0 radical (unpaired) electrons. The molecule has 0 saturated carbocycles. The number of carbonyl (C=O) groups excluding carboxylic acids is 2. The Morgan fingerprint density at radius 3 is 2.24 bits per heavy atom. The van der Waals surface area contributed by atoms with Crippen LogP contribution >= 0.6 is 0 Å². The minimum Gasteiger partial charge on any atom is -0.481 e. The van der Waals surface area contributed by atoms with Crippen molar-refractivity contribution in [3.8, 4) is 0 Å². The third kappa shape index (κ3) is 6.45. The average molecular weight is 349 g/mol. The van der Waals surface area contributed by atoms with Crippen molar-refractivity contribution < 1.29 is 19.5 Å². The SMILES string of the molecule is CCC(C)(C)NC(=O)c1ccc(NC(=O)N(C)CC(C)C(=O)O)cc1. The summed E-state index contributed by atoms with van der Waals surface area (Å²) >= 11 is 0. The summed E-state index contributed by atoms with van der Waals surface area (Å²) in [5, 5.41) is 14.5. The van der Waals surface area contributed by atoms with E-state index >= 15 is 0 Å². The molecular weight excluding hydrogens is 322 g/mol. The lowest BCUT2D eigenvalue weighted by Crippen LogP contribution is -2.42. The summed E-state index contributed by atoms with van der Waals surface area (Å²) in [4.78, 5) is 36.4. The molecule has 25 heavy (non-hydrogen) atoms. The molecule has 1 rings (SSSR count). The number of carboxylic acid groups (broad SMARTS) is 1. The van der Waals surface area contributed by atoms with Gasteiger partial charge in [0.1, 0.15) is 0 Å². The fraction of sp³-hybridized carbons (Fsp3) is 0.500. The quantitative estimate of drug-likeness (QED) is 0.705. The number of amides is 3. The molecule has 1 aromatic carbocycles. The highest BCUT2D eigenvalue weighted by molar-refractivity contribution is 5.96.